The van der Waals surface area contributed by atoms with Gasteiger partial charge in [0.05, 0.1) is 11.0 Å². The van der Waals surface area contributed by atoms with Crippen molar-refractivity contribution < 1.29 is 18.2 Å². The van der Waals surface area contributed by atoms with Gasteiger partial charge in [0.2, 0.25) is 0 Å². The highest BCUT2D eigenvalue weighted by Crippen LogP contribution is 2.45. The zero-order valence-corrected chi connectivity index (χ0v) is 16.1. The van der Waals surface area contributed by atoms with Crippen molar-refractivity contribution in [3.05, 3.63) is 106 Å². The molecule has 3 aromatic rings. The van der Waals surface area contributed by atoms with Crippen LogP contribution in [0.15, 0.2) is 89.8 Å². The van der Waals surface area contributed by atoms with E-state index in [1.165, 1.54) is 24.3 Å². The van der Waals surface area contributed by atoms with Gasteiger partial charge in [0.15, 0.2) is 4.90 Å². The monoisotopic (exact) mass is 410 g/mol. The number of para-hydroxylation sites is 1. The third-order valence-corrected chi connectivity index (χ3v) is 6.57. The number of hydroxylamine groups is 1. The maximum absolute atomic E-state index is 13.4. The molecule has 0 unspecified atom stereocenters. The summed E-state index contributed by atoms with van der Waals surface area (Å²) in [5, 5.41) is 11.4. The van der Waals surface area contributed by atoms with Crippen LogP contribution in [0.4, 0.5) is 5.69 Å². The number of hydrogen-bond acceptors (Lipinski definition) is 5. The molecule has 1 aliphatic heterocycles. The van der Waals surface area contributed by atoms with Crippen LogP contribution in [0.2, 0.25) is 0 Å². The summed E-state index contributed by atoms with van der Waals surface area (Å²) in [6.45, 7) is 0. The molecule has 0 aromatic heterocycles. The molecule has 1 aliphatic rings. The van der Waals surface area contributed by atoms with E-state index in [-0.39, 0.29) is 4.90 Å². The molecule has 0 bridgehead atoms. The number of sulfonamides is 1. The molecule has 0 N–H and O–H groups in total. The van der Waals surface area contributed by atoms with Crippen molar-refractivity contribution in [1.82, 2.24) is 4.47 Å². The first-order chi connectivity index (χ1) is 14.0. The van der Waals surface area contributed by atoms with Crippen LogP contribution in [-0.2, 0) is 14.9 Å². The predicted octanol–water partition coefficient (Wildman–Crippen LogP) is 4.40. The second-order valence-electron chi connectivity index (χ2n) is 6.65. The third kappa shape index (κ3) is 3.65. The Hall–Kier alpha value is -3.07. The standard InChI is InChI=1S/C21H18N2O5S/c24-22(25)18-13-7-8-14-21(18)29(26,27)23-19(16-9-3-1-4-10-16)15-20(28-23)17-11-5-2-6-12-17/h1-14,19-20H,15H2/t19-,20-/m0/s1. The molecule has 0 radical (unpaired) electrons. The Morgan fingerprint density at radius 2 is 1.41 bits per heavy atom. The Bertz CT molecular complexity index is 1120. The lowest BCUT2D eigenvalue weighted by Gasteiger charge is -2.22. The van der Waals surface area contributed by atoms with Crippen LogP contribution in [0, 0.1) is 10.1 Å². The van der Waals surface area contributed by atoms with E-state index in [1.807, 2.05) is 60.7 Å². The highest BCUT2D eigenvalue weighted by Gasteiger charge is 2.45. The molecule has 1 fully saturated rings. The Labute approximate surface area is 168 Å². The molecule has 4 rings (SSSR count). The molecule has 0 spiro atoms. The number of hydrogen-bond donors (Lipinski definition) is 0. The van der Waals surface area contributed by atoms with Gasteiger partial charge in [0.1, 0.15) is 6.10 Å². The smallest absolute Gasteiger partial charge is 0.275 e. The maximum Gasteiger partial charge on any atom is 0.289 e. The summed E-state index contributed by atoms with van der Waals surface area (Å²) in [6.07, 6.45) is -0.0904. The predicted molar refractivity (Wildman–Crippen MR) is 106 cm³/mol. The van der Waals surface area contributed by atoms with E-state index in [4.69, 9.17) is 4.84 Å². The van der Waals surface area contributed by atoms with Gasteiger partial charge in [-0.15, -0.1) is 0 Å². The van der Waals surface area contributed by atoms with Crippen LogP contribution in [-0.4, -0.2) is 17.8 Å². The van der Waals surface area contributed by atoms with Crippen molar-refractivity contribution in [2.24, 2.45) is 0 Å². The lowest BCUT2D eigenvalue weighted by atomic mass is 9.99. The summed E-state index contributed by atoms with van der Waals surface area (Å²) in [7, 11) is -4.28. The molecule has 2 atom stereocenters. The highest BCUT2D eigenvalue weighted by molar-refractivity contribution is 7.89. The summed E-state index contributed by atoms with van der Waals surface area (Å²) in [6, 6.07) is 23.1. The minimum Gasteiger partial charge on any atom is -0.275 e. The normalized spacial score (nSPS) is 19.9. The number of nitrogens with zero attached hydrogens (tertiary/aromatic N) is 2. The van der Waals surface area contributed by atoms with Crippen molar-refractivity contribution >= 4 is 15.7 Å². The summed E-state index contributed by atoms with van der Waals surface area (Å²) in [5.74, 6) is 0. The number of benzene rings is 3. The van der Waals surface area contributed by atoms with Gasteiger partial charge >= 0.3 is 0 Å². The van der Waals surface area contributed by atoms with Gasteiger partial charge in [0, 0.05) is 12.5 Å². The zero-order chi connectivity index (χ0) is 20.4. The van der Waals surface area contributed by atoms with E-state index in [1.54, 1.807) is 0 Å². The van der Waals surface area contributed by atoms with Gasteiger partial charge in [0.25, 0.3) is 15.7 Å². The minimum atomic E-state index is -4.28. The van der Waals surface area contributed by atoms with Gasteiger partial charge in [-0.1, -0.05) is 77.3 Å². The summed E-state index contributed by atoms with van der Waals surface area (Å²) < 4.78 is 27.8. The molecule has 29 heavy (non-hydrogen) atoms. The molecule has 0 amide bonds. The molecule has 1 saturated heterocycles. The van der Waals surface area contributed by atoms with Crippen molar-refractivity contribution in [3.8, 4) is 0 Å². The Kier molecular flexibility index (Phi) is 5.14. The Morgan fingerprint density at radius 1 is 0.862 bits per heavy atom. The zero-order valence-electron chi connectivity index (χ0n) is 15.3. The number of nitro groups is 1. The van der Waals surface area contributed by atoms with E-state index >= 15 is 0 Å². The van der Waals surface area contributed by atoms with Gasteiger partial charge in [-0.2, -0.15) is 0 Å². The first-order valence-electron chi connectivity index (χ1n) is 9.03. The SMILES string of the molecule is O=[N+]([O-])c1ccccc1S(=O)(=O)N1O[C@H](c2ccccc2)C[C@H]1c1ccccc1. The van der Waals surface area contributed by atoms with Gasteiger partial charge in [-0.3, -0.25) is 15.0 Å². The molecule has 3 aromatic carbocycles. The first kappa shape index (κ1) is 19.3. The fourth-order valence-corrected chi connectivity index (χ4v) is 5.09. The third-order valence-electron chi connectivity index (χ3n) is 4.86. The first-order valence-corrected chi connectivity index (χ1v) is 10.5. The molecular weight excluding hydrogens is 392 g/mol. The number of nitro benzene ring substituents is 1. The van der Waals surface area contributed by atoms with Crippen molar-refractivity contribution in [2.45, 2.75) is 23.5 Å². The Balaban J connectivity index is 1.80. The second-order valence-corrected chi connectivity index (χ2v) is 8.40. The average molecular weight is 410 g/mol. The van der Waals surface area contributed by atoms with E-state index in [9.17, 15) is 18.5 Å². The molecule has 7 nitrogen and oxygen atoms in total. The second kappa shape index (κ2) is 7.75. The van der Waals surface area contributed by atoms with Crippen molar-refractivity contribution in [3.63, 3.8) is 0 Å². The molecule has 148 valence electrons. The van der Waals surface area contributed by atoms with Crippen molar-refractivity contribution in [2.75, 3.05) is 0 Å². The molecule has 1 heterocycles. The summed E-state index contributed by atoms with van der Waals surface area (Å²) >= 11 is 0. The van der Waals surface area contributed by atoms with Gasteiger partial charge in [-0.05, 0) is 17.2 Å². The van der Waals surface area contributed by atoms with Crippen LogP contribution in [0.25, 0.3) is 0 Å². The minimum absolute atomic E-state index is 0.389. The highest BCUT2D eigenvalue weighted by atomic mass is 32.2. The van der Waals surface area contributed by atoms with Gasteiger partial charge < -0.3 is 0 Å². The van der Waals surface area contributed by atoms with Crippen LogP contribution < -0.4 is 0 Å². The lowest BCUT2D eigenvalue weighted by molar-refractivity contribution is -0.387. The molecule has 8 heteroatoms. The van der Waals surface area contributed by atoms with Gasteiger partial charge in [-0.25, -0.2) is 8.42 Å². The summed E-state index contributed by atoms with van der Waals surface area (Å²) in [5.41, 5.74) is 1.12. The topological polar surface area (TPSA) is 89.8 Å². The lowest BCUT2D eigenvalue weighted by Crippen LogP contribution is -2.30. The fourth-order valence-electron chi connectivity index (χ4n) is 3.48. The van der Waals surface area contributed by atoms with E-state index in [0.717, 1.165) is 15.6 Å². The van der Waals surface area contributed by atoms with Crippen molar-refractivity contribution in [1.29, 1.82) is 0 Å². The largest absolute Gasteiger partial charge is 0.289 e. The maximum atomic E-state index is 13.4. The van der Waals surface area contributed by atoms with E-state index in [0.29, 0.717) is 6.42 Å². The van der Waals surface area contributed by atoms with Crippen LogP contribution in [0.1, 0.15) is 29.7 Å². The van der Waals surface area contributed by atoms with Crippen LogP contribution in [0.5, 0.6) is 0 Å². The molecule has 0 saturated carbocycles. The number of rotatable bonds is 5. The molecule has 0 aliphatic carbocycles. The van der Waals surface area contributed by atoms with E-state index in [2.05, 4.69) is 0 Å². The fraction of sp³-hybridized carbons (Fsp3) is 0.143. The van der Waals surface area contributed by atoms with E-state index < -0.39 is 32.8 Å². The Morgan fingerprint density at radius 3 is 2.03 bits per heavy atom. The molecular formula is C21H18N2O5S. The van der Waals surface area contributed by atoms with Crippen LogP contribution in [0.3, 0.4) is 0 Å². The summed E-state index contributed by atoms with van der Waals surface area (Å²) in [4.78, 5) is 16.2. The average Bonchev–Trinajstić information content (AvgIpc) is 3.21. The van der Waals surface area contributed by atoms with Crippen LogP contribution >= 0.6 is 0 Å². The quantitative estimate of drug-likeness (QED) is 0.459.